The molecule has 0 bridgehead atoms. The fourth-order valence-corrected chi connectivity index (χ4v) is 0.964. The van der Waals surface area contributed by atoms with E-state index < -0.39 is 5.54 Å². The fourth-order valence-electron chi connectivity index (χ4n) is 0.964. The van der Waals surface area contributed by atoms with Gasteiger partial charge in [0, 0.05) is 13.2 Å². The molecule has 0 spiro atoms. The third-order valence-electron chi connectivity index (χ3n) is 2.13. The number of rotatable bonds is 3. The minimum absolute atomic E-state index is 0.00981. The normalized spacial score (nSPS) is 11.7. The summed E-state index contributed by atoms with van der Waals surface area (Å²) in [4.78, 5) is 15.8. The summed E-state index contributed by atoms with van der Waals surface area (Å²) in [5, 5.41) is 2.95. The predicted molar refractivity (Wildman–Crippen MR) is 50.7 cm³/mol. The lowest BCUT2D eigenvalue weighted by Crippen LogP contribution is -2.44. The largest absolute Gasteiger partial charge is 0.340 e. The number of imidazole rings is 1. The molecule has 1 aromatic rings. The standard InChI is InChI=1S/C9H15N3O/c1-9(2,10-3)8(13)7-5-12(4)6-11-7/h5-6,10H,1-4H3. The number of aromatic nitrogens is 2. The van der Waals surface area contributed by atoms with E-state index >= 15 is 0 Å². The van der Waals surface area contributed by atoms with Crippen molar-refractivity contribution in [1.29, 1.82) is 0 Å². The first-order valence-corrected chi connectivity index (χ1v) is 4.19. The van der Waals surface area contributed by atoms with Gasteiger partial charge in [0.15, 0.2) is 0 Å². The van der Waals surface area contributed by atoms with Crippen LogP contribution in [0.2, 0.25) is 0 Å². The monoisotopic (exact) mass is 181 g/mol. The Morgan fingerprint density at radius 3 is 2.62 bits per heavy atom. The Bertz CT molecular complexity index is 314. The van der Waals surface area contributed by atoms with E-state index in [0.29, 0.717) is 5.69 Å². The molecular weight excluding hydrogens is 166 g/mol. The van der Waals surface area contributed by atoms with Gasteiger partial charge in [-0.1, -0.05) is 0 Å². The number of nitrogens with one attached hydrogen (secondary N) is 1. The van der Waals surface area contributed by atoms with Gasteiger partial charge in [-0.25, -0.2) is 4.98 Å². The highest BCUT2D eigenvalue weighted by Gasteiger charge is 2.27. The molecule has 72 valence electrons. The van der Waals surface area contributed by atoms with Gasteiger partial charge < -0.3 is 9.88 Å². The zero-order valence-electron chi connectivity index (χ0n) is 8.46. The van der Waals surface area contributed by atoms with Gasteiger partial charge in [-0.2, -0.15) is 0 Å². The molecule has 13 heavy (non-hydrogen) atoms. The Kier molecular flexibility index (Phi) is 2.52. The lowest BCUT2D eigenvalue weighted by Gasteiger charge is -2.20. The molecule has 0 aliphatic rings. The van der Waals surface area contributed by atoms with Crippen LogP contribution in [0, 0.1) is 0 Å². The number of carbonyl (C=O) groups excluding carboxylic acids is 1. The van der Waals surface area contributed by atoms with Gasteiger partial charge in [0.1, 0.15) is 5.69 Å². The highest BCUT2D eigenvalue weighted by molar-refractivity contribution is 6.00. The Morgan fingerprint density at radius 1 is 1.62 bits per heavy atom. The first-order chi connectivity index (χ1) is 5.97. The minimum Gasteiger partial charge on any atom is -0.340 e. The van der Waals surface area contributed by atoms with E-state index in [1.165, 1.54) is 0 Å². The first-order valence-electron chi connectivity index (χ1n) is 4.19. The average molecular weight is 181 g/mol. The topological polar surface area (TPSA) is 46.9 Å². The molecule has 0 unspecified atom stereocenters. The van der Waals surface area contributed by atoms with Gasteiger partial charge in [0.05, 0.1) is 11.9 Å². The Labute approximate surface area is 78.0 Å². The summed E-state index contributed by atoms with van der Waals surface area (Å²) in [5.74, 6) is 0.00981. The van der Waals surface area contributed by atoms with E-state index in [1.807, 2.05) is 20.9 Å². The minimum atomic E-state index is -0.547. The van der Waals surface area contributed by atoms with Gasteiger partial charge >= 0.3 is 0 Å². The molecule has 0 aromatic carbocycles. The molecule has 4 heteroatoms. The van der Waals surface area contributed by atoms with Crippen LogP contribution in [0.4, 0.5) is 0 Å². The van der Waals surface area contributed by atoms with E-state index in [2.05, 4.69) is 10.3 Å². The van der Waals surface area contributed by atoms with Crippen LogP contribution in [-0.2, 0) is 7.05 Å². The van der Waals surface area contributed by atoms with Crippen molar-refractivity contribution in [2.45, 2.75) is 19.4 Å². The molecule has 1 N–H and O–H groups in total. The summed E-state index contributed by atoms with van der Waals surface area (Å²) in [6.45, 7) is 3.67. The molecule has 1 heterocycles. The molecule has 0 saturated heterocycles. The van der Waals surface area contributed by atoms with Crippen LogP contribution in [0.15, 0.2) is 12.5 Å². The van der Waals surface area contributed by atoms with Crippen molar-refractivity contribution in [2.75, 3.05) is 7.05 Å². The van der Waals surface area contributed by atoms with E-state index in [9.17, 15) is 4.79 Å². The number of ketones is 1. The number of likely N-dealkylation sites (N-methyl/N-ethyl adjacent to an activating group) is 1. The van der Waals surface area contributed by atoms with Crippen molar-refractivity contribution >= 4 is 5.78 Å². The third-order valence-corrected chi connectivity index (χ3v) is 2.13. The zero-order valence-corrected chi connectivity index (χ0v) is 8.46. The maximum Gasteiger partial charge on any atom is 0.202 e. The van der Waals surface area contributed by atoms with Crippen LogP contribution in [0.25, 0.3) is 0 Å². The molecule has 0 radical (unpaired) electrons. The SMILES string of the molecule is CNC(C)(C)C(=O)c1cn(C)cn1. The van der Waals surface area contributed by atoms with Crippen LogP contribution >= 0.6 is 0 Å². The van der Waals surface area contributed by atoms with Crippen LogP contribution in [-0.4, -0.2) is 27.9 Å². The molecule has 0 aliphatic heterocycles. The van der Waals surface area contributed by atoms with Crippen LogP contribution in [0.5, 0.6) is 0 Å². The van der Waals surface area contributed by atoms with Crippen LogP contribution in [0.3, 0.4) is 0 Å². The lowest BCUT2D eigenvalue weighted by atomic mass is 9.97. The van der Waals surface area contributed by atoms with Gasteiger partial charge in [-0.05, 0) is 20.9 Å². The molecule has 0 amide bonds. The van der Waals surface area contributed by atoms with Crippen molar-refractivity contribution in [3.05, 3.63) is 18.2 Å². The maximum atomic E-state index is 11.8. The van der Waals surface area contributed by atoms with Gasteiger partial charge in [-0.3, -0.25) is 4.79 Å². The molecule has 1 aromatic heterocycles. The number of hydrogen-bond donors (Lipinski definition) is 1. The molecule has 0 aliphatic carbocycles. The van der Waals surface area contributed by atoms with Gasteiger partial charge in [0.25, 0.3) is 0 Å². The highest BCUT2D eigenvalue weighted by Crippen LogP contribution is 2.09. The predicted octanol–water partition coefficient (Wildman–Crippen LogP) is 0.601. The van der Waals surface area contributed by atoms with Gasteiger partial charge in [-0.15, -0.1) is 0 Å². The van der Waals surface area contributed by atoms with Crippen molar-refractivity contribution in [1.82, 2.24) is 14.9 Å². The number of carbonyl (C=O) groups is 1. The smallest absolute Gasteiger partial charge is 0.202 e. The second-order valence-corrected chi connectivity index (χ2v) is 3.63. The second-order valence-electron chi connectivity index (χ2n) is 3.63. The maximum absolute atomic E-state index is 11.8. The van der Waals surface area contributed by atoms with Crippen molar-refractivity contribution in [3.63, 3.8) is 0 Å². The fraction of sp³-hybridized carbons (Fsp3) is 0.556. The van der Waals surface area contributed by atoms with Crippen LogP contribution in [0.1, 0.15) is 24.3 Å². The Morgan fingerprint density at radius 2 is 2.23 bits per heavy atom. The number of nitrogens with zero attached hydrogens (tertiary/aromatic N) is 2. The Hall–Kier alpha value is -1.16. The molecule has 0 atom stereocenters. The summed E-state index contributed by atoms with van der Waals surface area (Å²) in [6.07, 6.45) is 3.35. The van der Waals surface area contributed by atoms with E-state index in [0.717, 1.165) is 0 Å². The summed E-state index contributed by atoms with van der Waals surface area (Å²) in [6, 6.07) is 0. The number of Topliss-reactive ketones (excluding diaryl/α,β-unsaturated/α-hetero) is 1. The molecule has 0 saturated carbocycles. The summed E-state index contributed by atoms with van der Waals surface area (Å²) in [7, 11) is 3.61. The average Bonchev–Trinajstić information content (AvgIpc) is 2.50. The third kappa shape index (κ3) is 1.95. The van der Waals surface area contributed by atoms with Crippen molar-refractivity contribution < 1.29 is 4.79 Å². The van der Waals surface area contributed by atoms with Crippen molar-refractivity contribution in [2.24, 2.45) is 7.05 Å². The lowest BCUT2D eigenvalue weighted by molar-refractivity contribution is 0.0885. The molecule has 4 nitrogen and oxygen atoms in total. The van der Waals surface area contributed by atoms with Crippen molar-refractivity contribution in [3.8, 4) is 0 Å². The summed E-state index contributed by atoms with van der Waals surface area (Å²) in [5.41, 5.74) is -0.0456. The summed E-state index contributed by atoms with van der Waals surface area (Å²) >= 11 is 0. The van der Waals surface area contributed by atoms with E-state index in [4.69, 9.17) is 0 Å². The quantitative estimate of drug-likeness (QED) is 0.695. The second kappa shape index (κ2) is 3.30. The molecule has 1 rings (SSSR count). The highest BCUT2D eigenvalue weighted by atomic mass is 16.1. The number of hydrogen-bond acceptors (Lipinski definition) is 3. The zero-order chi connectivity index (χ0) is 10.1. The molecular formula is C9H15N3O. The number of aryl methyl sites for hydroxylation is 1. The van der Waals surface area contributed by atoms with Crippen LogP contribution < -0.4 is 5.32 Å². The van der Waals surface area contributed by atoms with E-state index in [1.54, 1.807) is 24.1 Å². The van der Waals surface area contributed by atoms with Gasteiger partial charge in [0.2, 0.25) is 5.78 Å². The Balaban J connectivity index is 2.91. The molecule has 0 fully saturated rings. The first kappa shape index (κ1) is 9.92. The van der Waals surface area contributed by atoms with E-state index in [-0.39, 0.29) is 5.78 Å². The summed E-state index contributed by atoms with van der Waals surface area (Å²) < 4.78 is 1.76.